The first kappa shape index (κ1) is 16.0. The van der Waals surface area contributed by atoms with Gasteiger partial charge in [0.05, 0.1) is 24.2 Å². The Morgan fingerprint density at radius 3 is 2.88 bits per heavy atom. The van der Waals surface area contributed by atoms with Gasteiger partial charge in [0, 0.05) is 5.56 Å². The summed E-state index contributed by atoms with van der Waals surface area (Å²) in [6.07, 6.45) is 0. The molecule has 3 rings (SSSR count). The number of rotatable bonds is 5. The molecule has 2 aromatic carbocycles. The van der Waals surface area contributed by atoms with Crippen molar-refractivity contribution >= 4 is 17.5 Å². The molecule has 0 spiro atoms. The van der Waals surface area contributed by atoms with Crippen LogP contribution in [-0.4, -0.2) is 23.2 Å². The number of hydrogen-bond acceptors (Lipinski definition) is 5. The van der Waals surface area contributed by atoms with Gasteiger partial charge in [-0.05, 0) is 24.3 Å². The van der Waals surface area contributed by atoms with Crippen LogP contribution in [-0.2, 0) is 6.54 Å². The molecule has 0 radical (unpaired) electrons. The minimum Gasteiger partial charge on any atom is -0.497 e. The third kappa shape index (κ3) is 3.55. The first-order valence-corrected chi connectivity index (χ1v) is 7.55. The van der Waals surface area contributed by atoms with Crippen molar-refractivity contribution in [2.24, 2.45) is 0 Å². The summed E-state index contributed by atoms with van der Waals surface area (Å²) in [5, 5.41) is 7.00. The molecule has 1 heterocycles. The maximum atomic E-state index is 12.1. The van der Waals surface area contributed by atoms with Crippen LogP contribution in [0.15, 0.2) is 53.1 Å². The second-order valence-corrected chi connectivity index (χ2v) is 5.31. The summed E-state index contributed by atoms with van der Waals surface area (Å²) in [5.74, 6) is 1.12. The summed E-state index contributed by atoms with van der Waals surface area (Å²) in [5.41, 5.74) is 1.16. The molecule has 0 saturated carbocycles. The predicted molar refractivity (Wildman–Crippen MR) is 88.9 cm³/mol. The monoisotopic (exact) mass is 343 g/mol. The lowest BCUT2D eigenvalue weighted by Crippen LogP contribution is -2.23. The summed E-state index contributed by atoms with van der Waals surface area (Å²) in [4.78, 5) is 16.4. The van der Waals surface area contributed by atoms with Crippen LogP contribution in [0.1, 0.15) is 16.2 Å². The van der Waals surface area contributed by atoms with Crippen molar-refractivity contribution < 1.29 is 14.1 Å². The molecule has 0 atom stereocenters. The molecule has 0 unspecified atom stereocenters. The van der Waals surface area contributed by atoms with E-state index in [0.29, 0.717) is 28.1 Å². The first-order valence-electron chi connectivity index (χ1n) is 7.17. The molecule has 24 heavy (non-hydrogen) atoms. The Hall–Kier alpha value is -2.86. The van der Waals surface area contributed by atoms with Gasteiger partial charge < -0.3 is 14.6 Å². The molecule has 1 aromatic heterocycles. The molecule has 0 aliphatic rings. The van der Waals surface area contributed by atoms with Gasteiger partial charge >= 0.3 is 0 Å². The highest BCUT2D eigenvalue weighted by molar-refractivity contribution is 6.33. The van der Waals surface area contributed by atoms with E-state index in [1.165, 1.54) is 0 Å². The molecule has 7 heteroatoms. The van der Waals surface area contributed by atoms with Crippen LogP contribution in [0.4, 0.5) is 0 Å². The summed E-state index contributed by atoms with van der Waals surface area (Å²) in [6.45, 7) is 0.112. The zero-order valence-corrected chi connectivity index (χ0v) is 13.6. The molecule has 0 saturated heterocycles. The summed E-state index contributed by atoms with van der Waals surface area (Å²) in [6, 6.07) is 14.1. The predicted octanol–water partition coefficient (Wildman–Crippen LogP) is 3.33. The van der Waals surface area contributed by atoms with Crippen molar-refractivity contribution in [1.29, 1.82) is 0 Å². The molecular weight excluding hydrogens is 330 g/mol. The third-order valence-corrected chi connectivity index (χ3v) is 3.64. The molecule has 0 fully saturated rings. The lowest BCUT2D eigenvalue weighted by atomic mass is 10.2. The van der Waals surface area contributed by atoms with Gasteiger partial charge in [0.1, 0.15) is 5.75 Å². The van der Waals surface area contributed by atoms with E-state index >= 15 is 0 Å². The largest absolute Gasteiger partial charge is 0.497 e. The molecular formula is C17H14ClN3O3. The Kier molecular flexibility index (Phi) is 4.77. The number of nitrogens with zero attached hydrogens (tertiary/aromatic N) is 2. The zero-order valence-electron chi connectivity index (χ0n) is 12.8. The molecule has 3 aromatic rings. The Morgan fingerprint density at radius 1 is 1.25 bits per heavy atom. The number of aromatic nitrogens is 2. The van der Waals surface area contributed by atoms with Crippen LogP contribution in [0.5, 0.6) is 5.75 Å². The highest BCUT2D eigenvalue weighted by Gasteiger charge is 2.13. The SMILES string of the molecule is COc1cccc(-c2noc(CNC(=O)c3ccccc3Cl)n2)c1. The highest BCUT2D eigenvalue weighted by atomic mass is 35.5. The summed E-state index contributed by atoms with van der Waals surface area (Å²) >= 11 is 5.99. The Bertz CT molecular complexity index is 864. The van der Waals surface area contributed by atoms with Gasteiger partial charge in [0.15, 0.2) is 0 Å². The van der Waals surface area contributed by atoms with E-state index in [1.54, 1.807) is 37.4 Å². The fourth-order valence-corrected chi connectivity index (χ4v) is 2.32. The molecule has 0 bridgehead atoms. The van der Waals surface area contributed by atoms with E-state index in [0.717, 1.165) is 5.56 Å². The van der Waals surface area contributed by atoms with Crippen molar-refractivity contribution in [3.63, 3.8) is 0 Å². The molecule has 122 valence electrons. The average Bonchev–Trinajstić information content (AvgIpc) is 3.09. The normalized spacial score (nSPS) is 10.4. The fourth-order valence-electron chi connectivity index (χ4n) is 2.10. The third-order valence-electron chi connectivity index (χ3n) is 3.31. The van der Waals surface area contributed by atoms with E-state index < -0.39 is 0 Å². The highest BCUT2D eigenvalue weighted by Crippen LogP contribution is 2.21. The van der Waals surface area contributed by atoms with Crippen molar-refractivity contribution in [1.82, 2.24) is 15.5 Å². The lowest BCUT2D eigenvalue weighted by molar-refractivity contribution is 0.0946. The van der Waals surface area contributed by atoms with Crippen LogP contribution >= 0.6 is 11.6 Å². The molecule has 0 aliphatic carbocycles. The van der Waals surface area contributed by atoms with Crippen molar-refractivity contribution in [2.75, 3.05) is 7.11 Å². The van der Waals surface area contributed by atoms with E-state index in [-0.39, 0.29) is 12.5 Å². The second-order valence-electron chi connectivity index (χ2n) is 4.91. The molecule has 1 N–H and O–H groups in total. The summed E-state index contributed by atoms with van der Waals surface area (Å²) < 4.78 is 10.3. The number of carbonyl (C=O) groups excluding carboxylic acids is 1. The maximum Gasteiger partial charge on any atom is 0.253 e. The Balaban J connectivity index is 1.68. The Labute approximate surface area is 143 Å². The maximum absolute atomic E-state index is 12.1. The molecule has 1 amide bonds. The van der Waals surface area contributed by atoms with E-state index in [4.69, 9.17) is 20.9 Å². The standard InChI is InChI=1S/C17H14ClN3O3/c1-23-12-6-4-5-11(9-12)16-20-15(24-21-16)10-19-17(22)13-7-2-3-8-14(13)18/h2-9H,10H2,1H3,(H,19,22). The quantitative estimate of drug-likeness (QED) is 0.768. The average molecular weight is 344 g/mol. The van der Waals surface area contributed by atoms with Crippen molar-refractivity contribution in [3.8, 4) is 17.1 Å². The molecule has 6 nitrogen and oxygen atoms in total. The van der Waals surface area contributed by atoms with Crippen LogP contribution < -0.4 is 10.1 Å². The number of amides is 1. The number of hydrogen-bond donors (Lipinski definition) is 1. The topological polar surface area (TPSA) is 77.3 Å². The van der Waals surface area contributed by atoms with Crippen LogP contribution in [0.3, 0.4) is 0 Å². The van der Waals surface area contributed by atoms with Gasteiger partial charge in [-0.2, -0.15) is 4.98 Å². The van der Waals surface area contributed by atoms with Gasteiger partial charge in [-0.25, -0.2) is 0 Å². The van der Waals surface area contributed by atoms with Gasteiger partial charge in [0.25, 0.3) is 5.91 Å². The first-order chi connectivity index (χ1) is 11.7. The van der Waals surface area contributed by atoms with Gasteiger partial charge in [-0.15, -0.1) is 0 Å². The fraction of sp³-hybridized carbons (Fsp3) is 0.118. The van der Waals surface area contributed by atoms with E-state index in [9.17, 15) is 4.79 Å². The number of carbonyl (C=O) groups is 1. The van der Waals surface area contributed by atoms with Crippen LogP contribution in [0.2, 0.25) is 5.02 Å². The Morgan fingerprint density at radius 2 is 2.08 bits per heavy atom. The van der Waals surface area contributed by atoms with Gasteiger partial charge in [-0.3, -0.25) is 4.79 Å². The summed E-state index contributed by atoms with van der Waals surface area (Å²) in [7, 11) is 1.59. The molecule has 0 aliphatic heterocycles. The number of halogens is 1. The van der Waals surface area contributed by atoms with Gasteiger partial charge in [-0.1, -0.05) is 41.0 Å². The van der Waals surface area contributed by atoms with E-state index in [2.05, 4.69) is 15.5 Å². The minimum absolute atomic E-state index is 0.112. The number of benzene rings is 2. The number of methoxy groups -OCH3 is 1. The van der Waals surface area contributed by atoms with Crippen LogP contribution in [0, 0.1) is 0 Å². The van der Waals surface area contributed by atoms with E-state index in [1.807, 2.05) is 18.2 Å². The second kappa shape index (κ2) is 7.14. The van der Waals surface area contributed by atoms with Crippen molar-refractivity contribution in [3.05, 3.63) is 65.0 Å². The van der Waals surface area contributed by atoms with Crippen molar-refractivity contribution in [2.45, 2.75) is 6.54 Å². The zero-order chi connectivity index (χ0) is 16.9. The number of ether oxygens (including phenoxy) is 1. The smallest absolute Gasteiger partial charge is 0.253 e. The lowest BCUT2D eigenvalue weighted by Gasteiger charge is -2.03. The number of nitrogens with one attached hydrogen (secondary N) is 1. The van der Waals surface area contributed by atoms with Crippen LogP contribution in [0.25, 0.3) is 11.4 Å². The minimum atomic E-state index is -0.304. The van der Waals surface area contributed by atoms with Gasteiger partial charge in [0.2, 0.25) is 11.7 Å².